The van der Waals surface area contributed by atoms with Gasteiger partial charge < -0.3 is 0 Å². The average molecular weight is 176 g/mol. The fraction of sp³-hybridized carbons (Fsp3) is 0.750. The first-order valence-electron chi connectivity index (χ1n) is 5.45. The summed E-state index contributed by atoms with van der Waals surface area (Å²) in [5.74, 6) is 1.67. The van der Waals surface area contributed by atoms with Crippen LogP contribution in [-0.2, 0) is 4.79 Å². The van der Waals surface area contributed by atoms with Crippen molar-refractivity contribution in [2.45, 2.75) is 39.0 Å². The topological polar surface area (TPSA) is 17.1 Å². The fourth-order valence-corrected chi connectivity index (χ4v) is 3.86. The Morgan fingerprint density at radius 1 is 1.54 bits per heavy atom. The molecule has 3 aliphatic carbocycles. The minimum Gasteiger partial charge on any atom is -0.299 e. The van der Waals surface area contributed by atoms with Gasteiger partial charge in [0.2, 0.25) is 0 Å². The van der Waals surface area contributed by atoms with Gasteiger partial charge >= 0.3 is 0 Å². The molecule has 2 fully saturated rings. The van der Waals surface area contributed by atoms with E-state index in [1.807, 2.05) is 0 Å². The molecule has 2 saturated carbocycles. The number of fused-ring (bicyclic) bond motifs is 1. The summed E-state index contributed by atoms with van der Waals surface area (Å²) >= 11 is 0. The number of carbonyl (C=O) groups excluding carboxylic acids is 1. The van der Waals surface area contributed by atoms with Gasteiger partial charge in [0, 0.05) is 11.3 Å². The van der Waals surface area contributed by atoms with Gasteiger partial charge in [-0.3, -0.25) is 4.79 Å². The summed E-state index contributed by atoms with van der Waals surface area (Å²) in [4.78, 5) is 12.1. The molecule has 0 aromatic carbocycles. The molecule has 0 heterocycles. The van der Waals surface area contributed by atoms with Crippen molar-refractivity contribution < 1.29 is 4.79 Å². The monoisotopic (exact) mass is 176 g/mol. The third kappa shape index (κ3) is 0.762. The van der Waals surface area contributed by atoms with Crippen LogP contribution in [0, 0.1) is 17.3 Å². The lowest BCUT2D eigenvalue weighted by Crippen LogP contribution is -2.34. The van der Waals surface area contributed by atoms with E-state index in [4.69, 9.17) is 0 Å². The summed E-state index contributed by atoms with van der Waals surface area (Å²) in [5, 5.41) is 0. The molecule has 0 unspecified atom stereocenters. The highest BCUT2D eigenvalue weighted by Gasteiger charge is 2.57. The first kappa shape index (κ1) is 7.78. The molecule has 3 aliphatic rings. The molecular formula is C12H16O. The summed E-state index contributed by atoms with van der Waals surface area (Å²) in [7, 11) is 0. The average Bonchev–Trinajstić information content (AvgIpc) is 2.49. The van der Waals surface area contributed by atoms with Gasteiger partial charge in [-0.25, -0.2) is 0 Å². The molecule has 0 saturated heterocycles. The van der Waals surface area contributed by atoms with Crippen LogP contribution < -0.4 is 0 Å². The van der Waals surface area contributed by atoms with Crippen LogP contribution >= 0.6 is 0 Å². The van der Waals surface area contributed by atoms with Crippen LogP contribution in [-0.4, -0.2) is 5.78 Å². The lowest BCUT2D eigenvalue weighted by Gasteiger charge is -2.31. The molecule has 3 rings (SSSR count). The number of ketones is 1. The van der Waals surface area contributed by atoms with Crippen LogP contribution in [0.4, 0.5) is 0 Å². The second-order valence-corrected chi connectivity index (χ2v) is 5.05. The van der Waals surface area contributed by atoms with E-state index in [0.29, 0.717) is 17.6 Å². The van der Waals surface area contributed by atoms with Gasteiger partial charge in [0.05, 0.1) is 0 Å². The minimum absolute atomic E-state index is 0.104. The predicted octanol–water partition coefficient (Wildman–Crippen LogP) is 2.71. The lowest BCUT2D eigenvalue weighted by atomic mass is 9.70. The van der Waals surface area contributed by atoms with E-state index in [2.05, 4.69) is 13.0 Å². The van der Waals surface area contributed by atoms with Crippen LogP contribution in [0.25, 0.3) is 0 Å². The van der Waals surface area contributed by atoms with E-state index in [9.17, 15) is 4.79 Å². The lowest BCUT2D eigenvalue weighted by molar-refractivity contribution is -0.132. The molecule has 3 atom stereocenters. The van der Waals surface area contributed by atoms with Gasteiger partial charge in [-0.15, -0.1) is 0 Å². The first-order chi connectivity index (χ1) is 6.24. The second-order valence-electron chi connectivity index (χ2n) is 5.05. The molecule has 1 nitrogen and oxygen atoms in total. The SMILES string of the molecule is CC1=CC[C@@]23CCC[C@@H](C[C@H]12)C3=O. The Morgan fingerprint density at radius 3 is 3.23 bits per heavy atom. The highest BCUT2D eigenvalue weighted by atomic mass is 16.1. The Balaban J connectivity index is 2.07. The predicted molar refractivity (Wildman–Crippen MR) is 51.3 cm³/mol. The largest absolute Gasteiger partial charge is 0.299 e. The Hall–Kier alpha value is -0.590. The van der Waals surface area contributed by atoms with E-state index in [-0.39, 0.29) is 5.41 Å². The zero-order chi connectivity index (χ0) is 9.05. The molecule has 0 aromatic rings. The number of allylic oxidation sites excluding steroid dienone is 2. The summed E-state index contributed by atoms with van der Waals surface area (Å²) in [6.07, 6.45) is 8.16. The maximum Gasteiger partial charge on any atom is 0.143 e. The molecule has 0 aromatic heterocycles. The molecule has 2 bridgehead atoms. The molecule has 0 amide bonds. The highest BCUT2D eigenvalue weighted by Crippen LogP contribution is 2.59. The summed E-state index contributed by atoms with van der Waals surface area (Å²) in [6, 6.07) is 0. The van der Waals surface area contributed by atoms with Crippen molar-refractivity contribution >= 4 is 5.78 Å². The summed E-state index contributed by atoms with van der Waals surface area (Å²) < 4.78 is 0. The van der Waals surface area contributed by atoms with Crippen molar-refractivity contribution in [2.75, 3.05) is 0 Å². The van der Waals surface area contributed by atoms with Crippen LogP contribution in [0.15, 0.2) is 11.6 Å². The maximum absolute atomic E-state index is 12.1. The zero-order valence-electron chi connectivity index (χ0n) is 8.18. The number of rotatable bonds is 0. The third-order valence-electron chi connectivity index (χ3n) is 4.56. The highest BCUT2D eigenvalue weighted by molar-refractivity contribution is 5.91. The summed E-state index contributed by atoms with van der Waals surface area (Å²) in [6.45, 7) is 2.22. The van der Waals surface area contributed by atoms with Gasteiger partial charge in [-0.2, -0.15) is 0 Å². The van der Waals surface area contributed by atoms with E-state index in [1.54, 1.807) is 0 Å². The fourth-order valence-electron chi connectivity index (χ4n) is 3.86. The van der Waals surface area contributed by atoms with Crippen molar-refractivity contribution in [2.24, 2.45) is 17.3 Å². The van der Waals surface area contributed by atoms with Crippen LogP contribution in [0.1, 0.15) is 39.0 Å². The first-order valence-corrected chi connectivity index (χ1v) is 5.45. The van der Waals surface area contributed by atoms with Crippen molar-refractivity contribution in [3.63, 3.8) is 0 Å². The number of Topliss-reactive ketones (excluding diaryl/α,β-unsaturated/α-hetero) is 1. The van der Waals surface area contributed by atoms with Gasteiger partial charge in [-0.05, 0) is 38.5 Å². The normalized spacial score (nSPS) is 47.8. The molecule has 13 heavy (non-hydrogen) atoms. The smallest absolute Gasteiger partial charge is 0.143 e. The second kappa shape index (κ2) is 2.26. The van der Waals surface area contributed by atoms with Gasteiger partial charge in [0.25, 0.3) is 0 Å². The van der Waals surface area contributed by atoms with E-state index in [1.165, 1.54) is 31.3 Å². The van der Waals surface area contributed by atoms with Crippen molar-refractivity contribution in [3.05, 3.63) is 11.6 Å². The number of hydrogen-bond donors (Lipinski definition) is 0. The Morgan fingerprint density at radius 2 is 2.38 bits per heavy atom. The van der Waals surface area contributed by atoms with Gasteiger partial charge in [-0.1, -0.05) is 18.1 Å². The van der Waals surface area contributed by atoms with E-state index in [0.717, 1.165) is 6.42 Å². The quantitative estimate of drug-likeness (QED) is 0.519. The number of hydrogen-bond acceptors (Lipinski definition) is 1. The van der Waals surface area contributed by atoms with Crippen LogP contribution in [0.5, 0.6) is 0 Å². The van der Waals surface area contributed by atoms with E-state index >= 15 is 0 Å². The van der Waals surface area contributed by atoms with Crippen LogP contribution in [0.3, 0.4) is 0 Å². The Labute approximate surface area is 79.2 Å². The van der Waals surface area contributed by atoms with Gasteiger partial charge in [0.15, 0.2) is 0 Å². The number of carbonyl (C=O) groups is 1. The molecule has 1 spiro atoms. The molecule has 0 radical (unpaired) electrons. The van der Waals surface area contributed by atoms with Gasteiger partial charge in [0.1, 0.15) is 5.78 Å². The van der Waals surface area contributed by atoms with Crippen molar-refractivity contribution in [1.29, 1.82) is 0 Å². The van der Waals surface area contributed by atoms with Crippen molar-refractivity contribution in [1.82, 2.24) is 0 Å². The molecule has 1 heteroatoms. The molecule has 0 N–H and O–H groups in total. The standard InChI is InChI=1S/C12H16O/c1-8-4-6-12-5-2-3-9(11(12)13)7-10(8)12/h4,9-10H,2-3,5-7H2,1H3/t9-,10+,12-/m0/s1. The Bertz CT molecular complexity index is 302. The van der Waals surface area contributed by atoms with Crippen LogP contribution in [0.2, 0.25) is 0 Å². The minimum atomic E-state index is 0.104. The summed E-state index contributed by atoms with van der Waals surface area (Å²) in [5.41, 5.74) is 1.60. The molecule has 70 valence electrons. The van der Waals surface area contributed by atoms with E-state index < -0.39 is 0 Å². The Kier molecular flexibility index (Phi) is 1.35. The molecular weight excluding hydrogens is 160 g/mol. The maximum atomic E-state index is 12.1. The zero-order valence-corrected chi connectivity index (χ0v) is 8.18. The third-order valence-corrected chi connectivity index (χ3v) is 4.56. The molecule has 0 aliphatic heterocycles. The van der Waals surface area contributed by atoms with Crippen molar-refractivity contribution in [3.8, 4) is 0 Å².